The van der Waals surface area contributed by atoms with Gasteiger partial charge in [-0.15, -0.1) is 0 Å². The Balaban J connectivity index is 1.45. The molecular formula is C33H39ClN2O4. The van der Waals surface area contributed by atoms with Gasteiger partial charge in [0.1, 0.15) is 0 Å². The van der Waals surface area contributed by atoms with Crippen molar-refractivity contribution in [3.05, 3.63) is 107 Å². The van der Waals surface area contributed by atoms with Crippen LogP contribution in [0.4, 0.5) is 0 Å². The summed E-state index contributed by atoms with van der Waals surface area (Å²) in [4.78, 5) is 26.0. The van der Waals surface area contributed by atoms with Crippen molar-refractivity contribution in [2.75, 3.05) is 26.2 Å². The fraction of sp³-hybridized carbons (Fsp3) is 0.394. The number of carboxylic acid groups (broad SMARTS) is 1. The summed E-state index contributed by atoms with van der Waals surface area (Å²) >= 11 is 6.04. The first-order valence-electron chi connectivity index (χ1n) is 14.1. The lowest BCUT2D eigenvalue weighted by Crippen LogP contribution is -2.44. The van der Waals surface area contributed by atoms with Crippen LogP contribution >= 0.6 is 11.6 Å². The fourth-order valence-electron chi connectivity index (χ4n) is 5.80. The molecule has 0 atom stereocenters. The Kier molecular flexibility index (Phi) is 10.4. The molecule has 0 radical (unpaired) electrons. The monoisotopic (exact) mass is 562 g/mol. The summed E-state index contributed by atoms with van der Waals surface area (Å²) in [5.74, 6) is -1.02. The molecule has 1 heterocycles. The Morgan fingerprint density at radius 3 is 1.98 bits per heavy atom. The first kappa shape index (κ1) is 29.8. The number of hydrogen-bond donors (Lipinski definition) is 3. The topological polar surface area (TPSA) is 89.9 Å². The Bertz CT molecular complexity index is 1190. The van der Waals surface area contributed by atoms with Crippen molar-refractivity contribution in [1.82, 2.24) is 10.2 Å². The maximum Gasteiger partial charge on any atom is 0.303 e. The minimum Gasteiger partial charge on any atom is -0.481 e. The van der Waals surface area contributed by atoms with Crippen LogP contribution in [0.2, 0.25) is 5.02 Å². The number of nitrogens with one attached hydrogen (secondary N) is 1. The van der Waals surface area contributed by atoms with Crippen LogP contribution in [0.3, 0.4) is 0 Å². The number of aliphatic hydroxyl groups is 1. The Morgan fingerprint density at radius 2 is 1.43 bits per heavy atom. The van der Waals surface area contributed by atoms with E-state index in [1.165, 1.54) is 0 Å². The molecule has 212 valence electrons. The van der Waals surface area contributed by atoms with E-state index < -0.39 is 17.0 Å². The van der Waals surface area contributed by atoms with E-state index in [1.807, 2.05) is 60.7 Å². The van der Waals surface area contributed by atoms with E-state index in [2.05, 4.69) is 34.5 Å². The number of hydrogen-bond acceptors (Lipinski definition) is 4. The summed E-state index contributed by atoms with van der Waals surface area (Å²) in [6, 6.07) is 28.1. The van der Waals surface area contributed by atoms with Gasteiger partial charge in [0.2, 0.25) is 5.91 Å². The summed E-state index contributed by atoms with van der Waals surface area (Å²) in [5, 5.41) is 24.0. The molecule has 0 unspecified atom stereocenters. The standard InChI is InChI=1S/C33H39ClN2O4/c34-29-17-15-28(16-18-29)33(40)20-23-36(24-21-33)22-8-19-32(26-9-3-1-4-10-26,27-11-5-2-6-12-27)25-35-30(37)13-7-14-31(38)39/h1-6,9-12,15-18,40H,7-8,13-14,19-25H2,(H,35,37)(H,38,39). The number of carbonyl (C=O) groups excluding carboxylic acids is 1. The highest BCUT2D eigenvalue weighted by molar-refractivity contribution is 6.30. The number of halogens is 1. The number of likely N-dealkylation sites (tertiary alicyclic amines) is 1. The number of piperidine rings is 1. The number of nitrogens with zero attached hydrogens (tertiary/aromatic N) is 1. The number of carbonyl (C=O) groups is 2. The third-order valence-electron chi connectivity index (χ3n) is 8.18. The van der Waals surface area contributed by atoms with Crippen LogP contribution < -0.4 is 5.32 Å². The van der Waals surface area contributed by atoms with Crippen molar-refractivity contribution in [3.63, 3.8) is 0 Å². The molecule has 3 N–H and O–H groups in total. The normalized spacial score (nSPS) is 15.4. The van der Waals surface area contributed by atoms with E-state index in [-0.39, 0.29) is 18.7 Å². The molecule has 1 aliphatic rings. The summed E-state index contributed by atoms with van der Waals surface area (Å²) in [7, 11) is 0. The van der Waals surface area contributed by atoms with Gasteiger partial charge in [-0.1, -0.05) is 84.4 Å². The largest absolute Gasteiger partial charge is 0.481 e. The quantitative estimate of drug-likeness (QED) is 0.246. The van der Waals surface area contributed by atoms with Gasteiger partial charge < -0.3 is 20.4 Å². The van der Waals surface area contributed by atoms with Crippen molar-refractivity contribution in [2.24, 2.45) is 0 Å². The lowest BCUT2D eigenvalue weighted by Gasteiger charge is -2.40. The maximum atomic E-state index is 12.7. The van der Waals surface area contributed by atoms with Gasteiger partial charge in [0.15, 0.2) is 0 Å². The minimum atomic E-state index is -0.889. The maximum absolute atomic E-state index is 12.7. The molecule has 6 nitrogen and oxygen atoms in total. The highest BCUT2D eigenvalue weighted by Gasteiger charge is 2.36. The Morgan fingerprint density at radius 1 is 0.850 bits per heavy atom. The van der Waals surface area contributed by atoms with E-state index in [0.717, 1.165) is 49.2 Å². The molecule has 0 saturated carbocycles. The summed E-state index contributed by atoms with van der Waals surface area (Å²) in [5.41, 5.74) is 1.95. The molecule has 1 amide bonds. The van der Waals surface area contributed by atoms with Crippen molar-refractivity contribution in [3.8, 4) is 0 Å². The average Bonchev–Trinajstić information content (AvgIpc) is 2.97. The van der Waals surface area contributed by atoms with E-state index in [0.29, 0.717) is 30.8 Å². The van der Waals surface area contributed by atoms with E-state index in [1.54, 1.807) is 0 Å². The predicted octanol–water partition coefficient (Wildman–Crippen LogP) is 5.76. The number of amides is 1. The molecule has 4 rings (SSSR count). The molecule has 1 fully saturated rings. The average molecular weight is 563 g/mol. The molecule has 1 aliphatic heterocycles. The minimum absolute atomic E-state index is 0.0150. The Hall–Kier alpha value is -3.19. The second-order valence-corrected chi connectivity index (χ2v) is 11.3. The third kappa shape index (κ3) is 7.72. The van der Waals surface area contributed by atoms with Gasteiger partial charge in [-0.2, -0.15) is 0 Å². The van der Waals surface area contributed by atoms with Crippen LogP contribution in [0.15, 0.2) is 84.9 Å². The van der Waals surface area contributed by atoms with E-state index >= 15 is 0 Å². The van der Waals surface area contributed by atoms with E-state index in [4.69, 9.17) is 16.7 Å². The second-order valence-electron chi connectivity index (χ2n) is 10.8. The van der Waals surface area contributed by atoms with Crippen molar-refractivity contribution in [2.45, 2.75) is 56.0 Å². The van der Waals surface area contributed by atoms with Crippen LogP contribution in [-0.4, -0.2) is 53.2 Å². The van der Waals surface area contributed by atoms with Gasteiger partial charge in [-0.3, -0.25) is 9.59 Å². The van der Waals surface area contributed by atoms with Crippen molar-refractivity contribution < 1.29 is 19.8 Å². The first-order valence-corrected chi connectivity index (χ1v) is 14.5. The lowest BCUT2D eigenvalue weighted by atomic mass is 9.71. The van der Waals surface area contributed by atoms with Crippen LogP contribution in [0, 0.1) is 0 Å². The zero-order chi connectivity index (χ0) is 28.4. The zero-order valence-corrected chi connectivity index (χ0v) is 23.7. The molecule has 0 aliphatic carbocycles. The molecule has 3 aromatic carbocycles. The number of rotatable bonds is 13. The van der Waals surface area contributed by atoms with Crippen molar-refractivity contribution in [1.29, 1.82) is 0 Å². The number of aliphatic carboxylic acids is 1. The summed E-state index contributed by atoms with van der Waals surface area (Å²) in [6.45, 7) is 2.94. The molecule has 0 aromatic heterocycles. The van der Waals surface area contributed by atoms with Gasteiger partial charge in [0, 0.05) is 42.9 Å². The smallest absolute Gasteiger partial charge is 0.303 e. The van der Waals surface area contributed by atoms with Gasteiger partial charge in [-0.05, 0) is 67.5 Å². The molecule has 0 spiro atoms. The Labute approximate surface area is 242 Å². The van der Waals surface area contributed by atoms with Gasteiger partial charge in [0.05, 0.1) is 5.60 Å². The second kappa shape index (κ2) is 13.9. The molecule has 0 bridgehead atoms. The highest BCUT2D eigenvalue weighted by Crippen LogP contribution is 2.38. The fourth-order valence-corrected chi connectivity index (χ4v) is 5.93. The third-order valence-corrected chi connectivity index (χ3v) is 8.43. The van der Waals surface area contributed by atoms with E-state index in [9.17, 15) is 14.7 Å². The summed E-state index contributed by atoms with van der Waals surface area (Å²) < 4.78 is 0. The van der Waals surface area contributed by atoms with Gasteiger partial charge in [-0.25, -0.2) is 0 Å². The molecule has 1 saturated heterocycles. The molecule has 3 aromatic rings. The van der Waals surface area contributed by atoms with Crippen LogP contribution in [0.5, 0.6) is 0 Å². The predicted molar refractivity (Wildman–Crippen MR) is 158 cm³/mol. The molecular weight excluding hydrogens is 524 g/mol. The number of benzene rings is 3. The SMILES string of the molecule is O=C(O)CCCC(=O)NCC(CCCN1CCC(O)(c2ccc(Cl)cc2)CC1)(c1ccccc1)c1ccccc1. The first-order chi connectivity index (χ1) is 19.3. The number of carboxylic acids is 1. The molecule has 7 heteroatoms. The van der Waals surface area contributed by atoms with Gasteiger partial charge in [0.25, 0.3) is 0 Å². The van der Waals surface area contributed by atoms with Crippen LogP contribution in [0.25, 0.3) is 0 Å². The van der Waals surface area contributed by atoms with Gasteiger partial charge >= 0.3 is 5.97 Å². The van der Waals surface area contributed by atoms with Crippen molar-refractivity contribution >= 4 is 23.5 Å². The zero-order valence-electron chi connectivity index (χ0n) is 22.9. The lowest BCUT2D eigenvalue weighted by molar-refractivity contribution is -0.137. The van der Waals surface area contributed by atoms with Crippen LogP contribution in [-0.2, 0) is 20.6 Å². The summed E-state index contributed by atoms with van der Waals surface area (Å²) in [6.07, 6.45) is 3.58. The van der Waals surface area contributed by atoms with Crippen LogP contribution in [0.1, 0.15) is 61.6 Å². The highest BCUT2D eigenvalue weighted by atomic mass is 35.5. The molecule has 40 heavy (non-hydrogen) atoms.